The van der Waals surface area contributed by atoms with Crippen LogP contribution < -0.4 is 9.62 Å². The van der Waals surface area contributed by atoms with Gasteiger partial charge in [-0.3, -0.25) is 13.9 Å². The predicted octanol–water partition coefficient (Wildman–Crippen LogP) is 5.58. The number of carbonyl (C=O) groups excluding carboxylic acids is 2. The highest BCUT2D eigenvalue weighted by atomic mass is 35.5. The number of benzene rings is 3. The molecule has 0 aliphatic heterocycles. The number of nitrogens with zero attached hydrogens (tertiary/aromatic N) is 2. The zero-order valence-corrected chi connectivity index (χ0v) is 24.2. The molecule has 3 rings (SSSR count). The number of para-hydroxylation sites is 1. The fraction of sp³-hybridized carbons (Fsp3) is 0.286. The molecule has 0 bridgehead atoms. The molecule has 0 radical (unpaired) electrons. The molecule has 0 spiro atoms. The van der Waals surface area contributed by atoms with Crippen LogP contribution in [0.2, 0.25) is 10.0 Å². The Labute approximate surface area is 238 Å². The molecule has 1 atom stereocenters. The van der Waals surface area contributed by atoms with Crippen LogP contribution in [-0.2, 0) is 26.2 Å². The number of hydrogen-bond acceptors (Lipinski definition) is 4. The van der Waals surface area contributed by atoms with Crippen LogP contribution in [0.3, 0.4) is 0 Å². The number of rotatable bonds is 11. The van der Waals surface area contributed by atoms with Gasteiger partial charge in [-0.15, -0.1) is 0 Å². The van der Waals surface area contributed by atoms with Crippen LogP contribution in [0, 0.1) is 12.7 Å². The third-order valence-corrected chi connectivity index (χ3v) is 8.58. The van der Waals surface area contributed by atoms with Crippen LogP contribution in [0.5, 0.6) is 0 Å². The molecule has 0 aliphatic carbocycles. The highest BCUT2D eigenvalue weighted by molar-refractivity contribution is 7.92. The number of anilines is 1. The fourth-order valence-electron chi connectivity index (χ4n) is 3.82. The minimum atomic E-state index is -4.36. The molecular formula is C28H30Cl2FN3O4S. The maximum absolute atomic E-state index is 14.9. The first-order chi connectivity index (χ1) is 18.4. The third kappa shape index (κ3) is 7.50. The van der Waals surface area contributed by atoms with Crippen molar-refractivity contribution >= 4 is 50.7 Å². The third-order valence-electron chi connectivity index (χ3n) is 6.06. The molecule has 0 unspecified atom stereocenters. The first kappa shape index (κ1) is 30.4. The summed E-state index contributed by atoms with van der Waals surface area (Å²) < 4.78 is 43.1. The zero-order valence-electron chi connectivity index (χ0n) is 21.8. The molecule has 0 heterocycles. The summed E-state index contributed by atoms with van der Waals surface area (Å²) >= 11 is 12.2. The second kappa shape index (κ2) is 13.3. The molecule has 3 aromatic rings. The summed E-state index contributed by atoms with van der Waals surface area (Å²) in [5.41, 5.74) is 1.12. The van der Waals surface area contributed by atoms with Gasteiger partial charge in [0, 0.05) is 13.1 Å². The molecule has 0 saturated heterocycles. The number of amides is 2. The van der Waals surface area contributed by atoms with Crippen LogP contribution in [0.15, 0.2) is 71.6 Å². The van der Waals surface area contributed by atoms with E-state index in [4.69, 9.17) is 23.2 Å². The molecule has 2 amide bonds. The van der Waals surface area contributed by atoms with Crippen molar-refractivity contribution < 1.29 is 22.4 Å². The van der Waals surface area contributed by atoms with Gasteiger partial charge in [0.05, 0.1) is 20.6 Å². The van der Waals surface area contributed by atoms with Gasteiger partial charge in [-0.05, 0) is 62.2 Å². The van der Waals surface area contributed by atoms with Crippen molar-refractivity contribution in [3.05, 3.63) is 93.7 Å². The average Bonchev–Trinajstić information content (AvgIpc) is 2.91. The van der Waals surface area contributed by atoms with E-state index in [2.05, 4.69) is 5.32 Å². The van der Waals surface area contributed by atoms with Crippen LogP contribution in [-0.4, -0.2) is 44.3 Å². The molecule has 0 fully saturated rings. The van der Waals surface area contributed by atoms with E-state index >= 15 is 0 Å². The van der Waals surface area contributed by atoms with Gasteiger partial charge in [0.1, 0.15) is 18.4 Å². The van der Waals surface area contributed by atoms with Crippen LogP contribution in [0.4, 0.5) is 10.1 Å². The van der Waals surface area contributed by atoms with E-state index in [0.717, 1.165) is 15.9 Å². The SMILES string of the molecule is CCCNC(=O)[C@H](C)N(Cc1ccc(Cl)c(Cl)c1)C(=O)CN(c1ccccc1F)S(=O)(=O)c1ccc(C)cc1. The van der Waals surface area contributed by atoms with Crippen molar-refractivity contribution in [2.24, 2.45) is 0 Å². The summed E-state index contributed by atoms with van der Waals surface area (Å²) in [6.45, 7) is 4.84. The van der Waals surface area contributed by atoms with Gasteiger partial charge >= 0.3 is 0 Å². The fourth-order valence-corrected chi connectivity index (χ4v) is 5.56. The Morgan fingerprint density at radius 3 is 2.28 bits per heavy atom. The predicted molar refractivity (Wildman–Crippen MR) is 152 cm³/mol. The van der Waals surface area contributed by atoms with Crippen LogP contribution >= 0.6 is 23.2 Å². The molecule has 0 aromatic heterocycles. The quantitative estimate of drug-likeness (QED) is 0.314. The maximum Gasteiger partial charge on any atom is 0.264 e. The maximum atomic E-state index is 14.9. The molecule has 3 aromatic carbocycles. The van der Waals surface area contributed by atoms with Gasteiger partial charge in [0.15, 0.2) is 0 Å². The Balaban J connectivity index is 2.04. The lowest BCUT2D eigenvalue weighted by Crippen LogP contribution is -2.51. The summed E-state index contributed by atoms with van der Waals surface area (Å²) in [5.74, 6) is -1.94. The highest BCUT2D eigenvalue weighted by Crippen LogP contribution is 2.28. The normalized spacial score (nSPS) is 12.1. The van der Waals surface area contributed by atoms with Crippen molar-refractivity contribution in [3.8, 4) is 0 Å². The van der Waals surface area contributed by atoms with E-state index in [0.29, 0.717) is 23.6 Å². The summed E-state index contributed by atoms with van der Waals surface area (Å²) in [5, 5.41) is 3.34. The summed E-state index contributed by atoms with van der Waals surface area (Å²) in [4.78, 5) is 27.8. The number of aryl methyl sites for hydroxylation is 1. The van der Waals surface area contributed by atoms with Gasteiger partial charge in [0.25, 0.3) is 10.0 Å². The van der Waals surface area contributed by atoms with Crippen molar-refractivity contribution in [1.29, 1.82) is 0 Å². The van der Waals surface area contributed by atoms with Gasteiger partial charge < -0.3 is 10.2 Å². The van der Waals surface area contributed by atoms with Crippen LogP contribution in [0.1, 0.15) is 31.4 Å². The second-order valence-corrected chi connectivity index (χ2v) is 11.7. The van der Waals surface area contributed by atoms with Crippen molar-refractivity contribution in [2.45, 2.75) is 44.7 Å². The number of halogens is 3. The monoisotopic (exact) mass is 593 g/mol. The van der Waals surface area contributed by atoms with Gasteiger partial charge in [-0.1, -0.05) is 66.0 Å². The van der Waals surface area contributed by atoms with E-state index in [1.165, 1.54) is 35.2 Å². The molecule has 0 aliphatic rings. The smallest absolute Gasteiger partial charge is 0.264 e. The Morgan fingerprint density at radius 1 is 1.00 bits per heavy atom. The zero-order chi connectivity index (χ0) is 28.7. The summed E-state index contributed by atoms with van der Waals surface area (Å²) in [6.07, 6.45) is 0.690. The first-order valence-electron chi connectivity index (χ1n) is 12.3. The van der Waals surface area contributed by atoms with E-state index in [9.17, 15) is 22.4 Å². The summed E-state index contributed by atoms with van der Waals surface area (Å²) in [7, 11) is -4.36. The number of sulfonamides is 1. The first-order valence-corrected chi connectivity index (χ1v) is 14.5. The van der Waals surface area contributed by atoms with Crippen LogP contribution in [0.25, 0.3) is 0 Å². The van der Waals surface area contributed by atoms with E-state index in [-0.39, 0.29) is 22.2 Å². The van der Waals surface area contributed by atoms with E-state index < -0.39 is 40.2 Å². The van der Waals surface area contributed by atoms with Crippen molar-refractivity contribution in [1.82, 2.24) is 10.2 Å². The lowest BCUT2D eigenvalue weighted by Gasteiger charge is -2.32. The average molecular weight is 595 g/mol. The molecule has 7 nitrogen and oxygen atoms in total. The molecule has 1 N–H and O–H groups in total. The van der Waals surface area contributed by atoms with Gasteiger partial charge in [-0.2, -0.15) is 0 Å². The van der Waals surface area contributed by atoms with Crippen molar-refractivity contribution in [2.75, 3.05) is 17.4 Å². The number of hydrogen-bond donors (Lipinski definition) is 1. The lowest BCUT2D eigenvalue weighted by atomic mass is 10.1. The highest BCUT2D eigenvalue weighted by Gasteiger charge is 2.33. The topological polar surface area (TPSA) is 86.8 Å². The minimum Gasteiger partial charge on any atom is -0.354 e. The standard InChI is InChI=1S/C28H30Cl2FN3O4S/c1-4-15-32-28(36)20(3)33(17-21-11-14-23(29)24(30)16-21)27(35)18-34(26-8-6-5-7-25(26)31)39(37,38)22-12-9-19(2)10-13-22/h5-14,16,20H,4,15,17-18H2,1-3H3,(H,32,36)/t20-/m0/s1. The van der Waals surface area contributed by atoms with E-state index in [1.807, 2.05) is 6.92 Å². The molecule has 39 heavy (non-hydrogen) atoms. The Kier molecular flexibility index (Phi) is 10.4. The number of nitrogens with one attached hydrogen (secondary N) is 1. The summed E-state index contributed by atoms with van der Waals surface area (Å²) in [6, 6.07) is 15.2. The van der Waals surface area contributed by atoms with E-state index in [1.54, 1.807) is 44.2 Å². The number of carbonyl (C=O) groups is 2. The molecular weight excluding hydrogens is 564 g/mol. The Morgan fingerprint density at radius 2 is 1.67 bits per heavy atom. The van der Waals surface area contributed by atoms with Crippen molar-refractivity contribution in [3.63, 3.8) is 0 Å². The Bertz CT molecular complexity index is 1430. The Hall–Kier alpha value is -3.14. The van der Waals surface area contributed by atoms with Gasteiger partial charge in [-0.25, -0.2) is 12.8 Å². The molecule has 0 saturated carbocycles. The molecule has 11 heteroatoms. The second-order valence-electron chi connectivity index (χ2n) is 9.01. The minimum absolute atomic E-state index is 0.0634. The largest absolute Gasteiger partial charge is 0.354 e. The molecule has 208 valence electrons. The van der Waals surface area contributed by atoms with Gasteiger partial charge in [0.2, 0.25) is 11.8 Å². The lowest BCUT2D eigenvalue weighted by molar-refractivity contribution is -0.139.